The second-order valence-electron chi connectivity index (χ2n) is 6.60. The van der Waals surface area contributed by atoms with E-state index in [4.69, 9.17) is 25.3 Å². The largest absolute Gasteiger partial charge is 0.496 e. The molecule has 0 fully saturated rings. The fraction of sp³-hybridized carbons (Fsp3) is 0.190. The van der Waals surface area contributed by atoms with E-state index in [9.17, 15) is 4.79 Å². The third kappa shape index (κ3) is 3.56. The summed E-state index contributed by atoms with van der Waals surface area (Å²) in [5.74, 6) is 0.985. The van der Waals surface area contributed by atoms with E-state index in [0.29, 0.717) is 45.4 Å². The number of ether oxygens (including phenoxy) is 1. The predicted molar refractivity (Wildman–Crippen MR) is 108 cm³/mol. The number of hydrogen-bond donors (Lipinski definition) is 0. The number of pyridine rings is 1. The first kappa shape index (κ1) is 19.0. The van der Waals surface area contributed by atoms with Crippen molar-refractivity contribution in [3.8, 4) is 17.2 Å². The molecule has 0 aliphatic heterocycles. The molecule has 148 valence electrons. The Morgan fingerprint density at radius 2 is 2.10 bits per heavy atom. The van der Waals surface area contributed by atoms with Crippen molar-refractivity contribution in [2.24, 2.45) is 0 Å². The number of furan rings is 1. The average Bonchev–Trinajstić information content (AvgIpc) is 3.37. The quantitative estimate of drug-likeness (QED) is 0.472. The van der Waals surface area contributed by atoms with Crippen molar-refractivity contribution >= 4 is 28.6 Å². The molecule has 0 saturated carbocycles. The van der Waals surface area contributed by atoms with Crippen molar-refractivity contribution in [1.29, 1.82) is 0 Å². The summed E-state index contributed by atoms with van der Waals surface area (Å²) in [7, 11) is 3.29. The molecule has 0 unspecified atom stereocenters. The molecule has 0 atom stereocenters. The highest BCUT2D eigenvalue weighted by atomic mass is 35.5. The van der Waals surface area contributed by atoms with Crippen molar-refractivity contribution in [2.45, 2.75) is 13.5 Å². The number of methoxy groups -OCH3 is 1. The van der Waals surface area contributed by atoms with Crippen molar-refractivity contribution in [1.82, 2.24) is 15.0 Å². The summed E-state index contributed by atoms with van der Waals surface area (Å²) in [5, 5.41) is 5.12. The summed E-state index contributed by atoms with van der Waals surface area (Å²) in [6.45, 7) is 2.09. The van der Waals surface area contributed by atoms with Gasteiger partial charge in [0.2, 0.25) is 0 Å². The average molecular weight is 412 g/mol. The van der Waals surface area contributed by atoms with Crippen LogP contribution in [0.5, 0.6) is 5.75 Å². The molecule has 0 saturated heterocycles. The van der Waals surface area contributed by atoms with E-state index in [1.165, 1.54) is 0 Å². The van der Waals surface area contributed by atoms with Gasteiger partial charge < -0.3 is 18.6 Å². The summed E-state index contributed by atoms with van der Waals surface area (Å²) in [5.41, 5.74) is 2.61. The maximum absolute atomic E-state index is 13.3. The van der Waals surface area contributed by atoms with Gasteiger partial charge in [0.05, 0.1) is 30.0 Å². The summed E-state index contributed by atoms with van der Waals surface area (Å²) < 4.78 is 16.1. The Bertz CT molecular complexity index is 1180. The summed E-state index contributed by atoms with van der Waals surface area (Å²) in [4.78, 5) is 19.4. The second kappa shape index (κ2) is 7.60. The highest BCUT2D eigenvalue weighted by molar-refractivity contribution is 6.30. The molecular weight excluding hydrogens is 394 g/mol. The van der Waals surface area contributed by atoms with Gasteiger partial charge in [-0.05, 0) is 43.3 Å². The lowest BCUT2D eigenvalue weighted by Crippen LogP contribution is -2.26. The third-order valence-corrected chi connectivity index (χ3v) is 4.85. The number of carbonyl (C=O) groups is 1. The number of nitrogens with zero attached hydrogens (tertiary/aromatic N) is 3. The van der Waals surface area contributed by atoms with Gasteiger partial charge in [0.25, 0.3) is 11.6 Å². The molecule has 0 bridgehead atoms. The molecular formula is C21H18ClN3O4. The van der Waals surface area contributed by atoms with Gasteiger partial charge >= 0.3 is 0 Å². The SMILES string of the molecule is COc1ccc(Cl)cc1CN(C)C(=O)c1cc(-c2ccco2)nc2onc(C)c12. The van der Waals surface area contributed by atoms with Crippen molar-refractivity contribution in [3.05, 3.63) is 64.5 Å². The van der Waals surface area contributed by atoms with Crippen molar-refractivity contribution in [2.75, 3.05) is 14.2 Å². The van der Waals surface area contributed by atoms with Crippen molar-refractivity contribution < 1.29 is 18.5 Å². The Kier molecular flexibility index (Phi) is 4.98. The van der Waals surface area contributed by atoms with Crippen LogP contribution in [-0.2, 0) is 6.54 Å². The fourth-order valence-corrected chi connectivity index (χ4v) is 3.41. The van der Waals surface area contributed by atoms with E-state index in [1.807, 2.05) is 0 Å². The molecule has 0 aliphatic carbocycles. The molecule has 3 aromatic heterocycles. The van der Waals surface area contributed by atoms with Crippen LogP contribution < -0.4 is 4.74 Å². The first-order valence-electron chi connectivity index (χ1n) is 8.86. The molecule has 8 heteroatoms. The molecule has 1 amide bonds. The second-order valence-corrected chi connectivity index (χ2v) is 7.03. The standard InChI is InChI=1S/C21H18ClN3O4/c1-12-19-15(10-16(18-5-4-8-28-18)23-20(19)29-24-12)21(26)25(2)11-13-9-14(22)6-7-17(13)27-3/h4-10H,11H2,1-3H3. The van der Waals surface area contributed by atoms with Gasteiger partial charge in [-0.15, -0.1) is 0 Å². The molecule has 4 aromatic rings. The van der Waals surface area contributed by atoms with Gasteiger partial charge in [0, 0.05) is 24.2 Å². The van der Waals surface area contributed by atoms with Gasteiger partial charge in [-0.1, -0.05) is 16.8 Å². The number of aryl methyl sites for hydroxylation is 1. The van der Waals surface area contributed by atoms with Crippen molar-refractivity contribution in [3.63, 3.8) is 0 Å². The zero-order valence-corrected chi connectivity index (χ0v) is 16.9. The van der Waals surface area contributed by atoms with Gasteiger partial charge in [0.1, 0.15) is 11.4 Å². The van der Waals surface area contributed by atoms with Gasteiger partial charge in [-0.2, -0.15) is 0 Å². The summed E-state index contributed by atoms with van der Waals surface area (Å²) in [6, 6.07) is 10.5. The molecule has 0 radical (unpaired) electrons. The van der Waals surface area contributed by atoms with Gasteiger partial charge in [-0.25, -0.2) is 4.98 Å². The third-order valence-electron chi connectivity index (χ3n) is 4.62. The lowest BCUT2D eigenvalue weighted by Gasteiger charge is -2.19. The molecule has 0 N–H and O–H groups in total. The Morgan fingerprint density at radius 3 is 2.83 bits per heavy atom. The first-order valence-corrected chi connectivity index (χ1v) is 9.24. The minimum Gasteiger partial charge on any atom is -0.496 e. The number of amides is 1. The fourth-order valence-electron chi connectivity index (χ4n) is 3.22. The number of halogens is 1. The lowest BCUT2D eigenvalue weighted by molar-refractivity contribution is 0.0786. The number of carbonyl (C=O) groups excluding carboxylic acids is 1. The number of hydrogen-bond acceptors (Lipinski definition) is 6. The Hall–Kier alpha value is -3.32. The minimum atomic E-state index is -0.210. The predicted octanol–water partition coefficient (Wildman–Crippen LogP) is 4.73. The molecule has 1 aromatic carbocycles. The molecule has 0 spiro atoms. The molecule has 7 nitrogen and oxygen atoms in total. The number of aromatic nitrogens is 2. The zero-order chi connectivity index (χ0) is 20.5. The minimum absolute atomic E-state index is 0.210. The van der Waals surface area contributed by atoms with E-state index in [0.717, 1.165) is 5.56 Å². The molecule has 3 heterocycles. The highest BCUT2D eigenvalue weighted by Crippen LogP contribution is 2.29. The van der Waals surface area contributed by atoms with E-state index in [-0.39, 0.29) is 11.6 Å². The highest BCUT2D eigenvalue weighted by Gasteiger charge is 2.23. The Morgan fingerprint density at radius 1 is 1.28 bits per heavy atom. The maximum Gasteiger partial charge on any atom is 0.259 e. The van der Waals surface area contributed by atoms with Crippen LogP contribution in [0, 0.1) is 6.92 Å². The van der Waals surface area contributed by atoms with Crippen LogP contribution in [0.15, 0.2) is 51.6 Å². The van der Waals surface area contributed by atoms with E-state index >= 15 is 0 Å². The van der Waals surface area contributed by atoms with E-state index in [2.05, 4.69) is 10.1 Å². The smallest absolute Gasteiger partial charge is 0.259 e. The maximum atomic E-state index is 13.3. The summed E-state index contributed by atoms with van der Waals surface area (Å²) in [6.07, 6.45) is 1.55. The van der Waals surface area contributed by atoms with E-state index in [1.54, 1.807) is 68.6 Å². The number of fused-ring (bicyclic) bond motifs is 1. The molecule has 4 rings (SSSR count). The first-order chi connectivity index (χ1) is 14.0. The number of benzene rings is 1. The summed E-state index contributed by atoms with van der Waals surface area (Å²) >= 11 is 6.12. The normalized spacial score (nSPS) is 11.0. The van der Waals surface area contributed by atoms with Crippen LogP contribution in [0.4, 0.5) is 0 Å². The van der Waals surface area contributed by atoms with E-state index < -0.39 is 0 Å². The van der Waals surface area contributed by atoms with Gasteiger partial charge in [0.15, 0.2) is 5.76 Å². The van der Waals surface area contributed by atoms with Crippen LogP contribution >= 0.6 is 11.6 Å². The number of rotatable bonds is 5. The van der Waals surface area contributed by atoms with Crippen LogP contribution in [0.2, 0.25) is 5.02 Å². The molecule has 29 heavy (non-hydrogen) atoms. The van der Waals surface area contributed by atoms with Gasteiger partial charge in [-0.3, -0.25) is 4.79 Å². The zero-order valence-electron chi connectivity index (χ0n) is 16.1. The lowest BCUT2D eigenvalue weighted by atomic mass is 10.1. The monoisotopic (exact) mass is 411 g/mol. The van der Waals surface area contributed by atoms with Crippen LogP contribution in [-0.4, -0.2) is 35.1 Å². The Balaban J connectivity index is 1.74. The van der Waals surface area contributed by atoms with Crippen LogP contribution in [0.3, 0.4) is 0 Å². The Labute approximate surface area is 171 Å². The van der Waals surface area contributed by atoms with Crippen LogP contribution in [0.1, 0.15) is 21.6 Å². The van der Waals surface area contributed by atoms with Crippen LogP contribution in [0.25, 0.3) is 22.6 Å². The topological polar surface area (TPSA) is 81.6 Å². The molecule has 0 aliphatic rings.